The lowest BCUT2D eigenvalue weighted by molar-refractivity contribution is -0.336. The Kier molecular flexibility index (Phi) is 14.8. The molecule has 4 fully saturated rings. The van der Waals surface area contributed by atoms with Crippen molar-refractivity contribution in [3.05, 3.63) is 0 Å². The first-order chi connectivity index (χ1) is 24.0. The molecular weight excluding hydrogens is 691 g/mol. The normalized spacial score (nSPS) is 38.8. The Bertz CT molecular complexity index is 1170. The highest BCUT2D eigenvalue weighted by atomic mass is 19.4. The van der Waals surface area contributed by atoms with Crippen LogP contribution in [0.2, 0.25) is 0 Å². The summed E-state index contributed by atoms with van der Waals surface area (Å²) < 4.78 is 68.7. The van der Waals surface area contributed by atoms with Gasteiger partial charge < -0.3 is 65.6 Å². The number of aliphatic hydroxyl groups excluding tert-OH is 5. The van der Waals surface area contributed by atoms with Gasteiger partial charge in [0, 0.05) is 0 Å². The Morgan fingerprint density at radius 1 is 0.863 bits per heavy atom. The Hall–Kier alpha value is -2.20. The summed E-state index contributed by atoms with van der Waals surface area (Å²) in [6.07, 6.45) is -15.0. The highest BCUT2D eigenvalue weighted by molar-refractivity contribution is 5.87. The maximum atomic E-state index is 13.0. The van der Waals surface area contributed by atoms with Gasteiger partial charge in [-0.05, 0) is 38.0 Å². The van der Waals surface area contributed by atoms with Crippen LogP contribution in [-0.2, 0) is 38.1 Å². The molecule has 2 saturated heterocycles. The second-order valence-electron chi connectivity index (χ2n) is 14.1. The van der Waals surface area contributed by atoms with Gasteiger partial charge in [-0.15, -0.1) is 0 Å². The minimum absolute atomic E-state index is 0.0703. The molecule has 5 unspecified atom stereocenters. The third kappa shape index (κ3) is 10.7. The van der Waals surface area contributed by atoms with Crippen LogP contribution < -0.4 is 16.4 Å². The van der Waals surface area contributed by atoms with Gasteiger partial charge in [-0.1, -0.05) is 45.4 Å². The monoisotopic (exact) mass is 743 g/mol. The molecule has 2 saturated carbocycles. The second-order valence-corrected chi connectivity index (χ2v) is 14.1. The second kappa shape index (κ2) is 18.2. The van der Waals surface area contributed by atoms with Crippen LogP contribution in [0.15, 0.2) is 0 Å². The molecule has 16 nitrogen and oxygen atoms in total. The molecule has 2 aliphatic heterocycles. The van der Waals surface area contributed by atoms with Gasteiger partial charge in [-0.3, -0.25) is 14.4 Å². The molecule has 0 radical (unpaired) electrons. The number of hydrogen-bond acceptors (Lipinski definition) is 13. The molecule has 9 N–H and O–H groups in total. The molecule has 294 valence electrons. The standard InChI is InChI=1S/C32H52F3N3O13/c1-14-7-6-10-17(26(14)51-30-25(44)24(43)22(41)15(2)47-30)49-29-21(38-20(40)12-37-31(46)32(33,34)35)27(23(42)19(13-39)50-29)48-18(28(36)45)11-16-8-4-3-5-9-16/h14-19,21-27,29-30,39,41-44H,3-13H2,1-2H3,(H2,36,45)(H,37,46)(H,38,40)/t14?,15?,17-,18+,19+,21?,22-,23+,24+,25?,26-,27?,29-,30+/m1/s1. The summed E-state index contributed by atoms with van der Waals surface area (Å²) in [5.74, 6) is -4.54. The van der Waals surface area contributed by atoms with Crippen molar-refractivity contribution in [2.75, 3.05) is 13.2 Å². The SMILES string of the molecule is CC1O[C@@H](O[C@@H]2C(C)CCC[C@H]2O[C@@H]2O[C@@H](CO)[C@H](O)C(O[C@@H](CC3CCCCC3)C(N)=O)C2NC(=O)CNC(=O)C(F)(F)F)C(O)[C@@H](O)[C@@H]1O. The Morgan fingerprint density at radius 3 is 2.18 bits per heavy atom. The fourth-order valence-electron chi connectivity index (χ4n) is 7.31. The van der Waals surface area contributed by atoms with Gasteiger partial charge in [0.15, 0.2) is 12.6 Å². The lowest BCUT2D eigenvalue weighted by atomic mass is 9.85. The number of ether oxygens (including phenoxy) is 5. The number of primary amides is 1. The van der Waals surface area contributed by atoms with Crippen molar-refractivity contribution in [2.24, 2.45) is 17.6 Å². The first-order valence-electron chi connectivity index (χ1n) is 17.6. The first-order valence-corrected chi connectivity index (χ1v) is 17.6. The van der Waals surface area contributed by atoms with Crippen molar-refractivity contribution >= 4 is 17.7 Å². The lowest BCUT2D eigenvalue weighted by Gasteiger charge is -2.48. The summed E-state index contributed by atoms with van der Waals surface area (Å²) in [6.45, 7) is 1.42. The Balaban J connectivity index is 1.61. The van der Waals surface area contributed by atoms with E-state index in [0.29, 0.717) is 19.3 Å². The summed E-state index contributed by atoms with van der Waals surface area (Å²) in [4.78, 5) is 37.1. The number of nitrogens with two attached hydrogens (primary N) is 1. The number of rotatable bonds is 13. The average Bonchev–Trinajstić information content (AvgIpc) is 3.08. The summed E-state index contributed by atoms with van der Waals surface area (Å²) in [5, 5.41) is 56.4. The molecule has 0 aromatic heterocycles. The molecule has 51 heavy (non-hydrogen) atoms. The van der Waals surface area contributed by atoms with Crippen molar-refractivity contribution in [3.63, 3.8) is 0 Å². The predicted molar refractivity (Wildman–Crippen MR) is 167 cm³/mol. The van der Waals surface area contributed by atoms with Crippen LogP contribution in [0.1, 0.15) is 71.6 Å². The molecule has 0 spiro atoms. The molecule has 3 amide bonds. The third-order valence-electron chi connectivity index (χ3n) is 10.2. The van der Waals surface area contributed by atoms with Crippen molar-refractivity contribution in [3.8, 4) is 0 Å². The van der Waals surface area contributed by atoms with Gasteiger partial charge in [-0.2, -0.15) is 13.2 Å². The van der Waals surface area contributed by atoms with Crippen molar-refractivity contribution in [2.45, 2.75) is 157 Å². The van der Waals surface area contributed by atoms with Crippen molar-refractivity contribution in [1.29, 1.82) is 0 Å². The van der Waals surface area contributed by atoms with E-state index in [2.05, 4.69) is 5.32 Å². The molecule has 0 aromatic carbocycles. The summed E-state index contributed by atoms with van der Waals surface area (Å²) >= 11 is 0. The van der Waals surface area contributed by atoms with Gasteiger partial charge >= 0.3 is 12.1 Å². The van der Waals surface area contributed by atoms with E-state index in [0.717, 1.165) is 32.1 Å². The van der Waals surface area contributed by atoms with Gasteiger partial charge in [-0.25, -0.2) is 0 Å². The number of nitrogens with one attached hydrogen (secondary N) is 2. The number of halogens is 3. The lowest BCUT2D eigenvalue weighted by Crippen LogP contribution is -2.68. The van der Waals surface area contributed by atoms with E-state index in [4.69, 9.17) is 29.4 Å². The average molecular weight is 744 g/mol. The van der Waals surface area contributed by atoms with Crippen LogP contribution >= 0.6 is 0 Å². The molecule has 2 aliphatic carbocycles. The van der Waals surface area contributed by atoms with Gasteiger partial charge in [0.05, 0.1) is 31.5 Å². The molecule has 19 heteroatoms. The predicted octanol–water partition coefficient (Wildman–Crippen LogP) is -1.14. The van der Waals surface area contributed by atoms with Gasteiger partial charge in [0.1, 0.15) is 48.8 Å². The van der Waals surface area contributed by atoms with Gasteiger partial charge in [0.2, 0.25) is 11.8 Å². The van der Waals surface area contributed by atoms with E-state index in [1.54, 1.807) is 0 Å². The molecule has 2 heterocycles. The molecule has 0 bridgehead atoms. The zero-order valence-electron chi connectivity index (χ0n) is 28.7. The van der Waals surface area contributed by atoms with E-state index in [1.807, 2.05) is 6.92 Å². The first kappa shape index (κ1) is 41.6. The molecule has 14 atom stereocenters. The fraction of sp³-hybridized carbons (Fsp3) is 0.906. The summed E-state index contributed by atoms with van der Waals surface area (Å²) in [6, 6.07) is -1.53. The summed E-state index contributed by atoms with van der Waals surface area (Å²) in [5.41, 5.74) is 5.72. The Labute approximate surface area is 293 Å². The largest absolute Gasteiger partial charge is 0.471 e. The molecular formula is C32H52F3N3O13. The highest BCUT2D eigenvalue weighted by Gasteiger charge is 2.51. The van der Waals surface area contributed by atoms with Crippen molar-refractivity contribution < 1.29 is 76.8 Å². The quantitative estimate of drug-likeness (QED) is 0.111. The molecule has 4 aliphatic rings. The fourth-order valence-corrected chi connectivity index (χ4v) is 7.31. The zero-order chi connectivity index (χ0) is 37.6. The maximum absolute atomic E-state index is 13.0. The third-order valence-corrected chi connectivity index (χ3v) is 10.2. The molecule has 0 aromatic rings. The number of carbonyl (C=O) groups excluding carboxylic acids is 3. The minimum atomic E-state index is -5.27. The highest BCUT2D eigenvalue weighted by Crippen LogP contribution is 2.36. The maximum Gasteiger partial charge on any atom is 0.471 e. The number of hydrogen-bond donors (Lipinski definition) is 8. The van der Waals surface area contributed by atoms with Crippen LogP contribution in [0.25, 0.3) is 0 Å². The van der Waals surface area contributed by atoms with Gasteiger partial charge in [0.25, 0.3) is 0 Å². The zero-order valence-corrected chi connectivity index (χ0v) is 28.7. The number of alkyl halides is 3. The topological polar surface area (TPSA) is 249 Å². The molecule has 4 rings (SSSR count). The van der Waals surface area contributed by atoms with Crippen LogP contribution in [-0.4, -0.2) is 142 Å². The smallest absolute Gasteiger partial charge is 0.394 e. The number of carbonyl (C=O) groups is 3. The van der Waals surface area contributed by atoms with Crippen molar-refractivity contribution in [1.82, 2.24) is 10.6 Å². The summed E-state index contributed by atoms with van der Waals surface area (Å²) in [7, 11) is 0. The van der Waals surface area contributed by atoms with Crippen LogP contribution in [0.4, 0.5) is 13.2 Å². The van der Waals surface area contributed by atoms with Crippen LogP contribution in [0.5, 0.6) is 0 Å². The van der Waals surface area contributed by atoms with E-state index in [-0.39, 0.29) is 18.3 Å². The Morgan fingerprint density at radius 2 is 1.55 bits per heavy atom. The van der Waals surface area contributed by atoms with E-state index >= 15 is 0 Å². The number of aliphatic hydroxyl groups is 5. The van der Waals surface area contributed by atoms with E-state index in [1.165, 1.54) is 12.2 Å². The van der Waals surface area contributed by atoms with E-state index in [9.17, 15) is 53.1 Å². The van der Waals surface area contributed by atoms with Crippen LogP contribution in [0, 0.1) is 11.8 Å². The van der Waals surface area contributed by atoms with E-state index < -0.39 is 117 Å². The van der Waals surface area contributed by atoms with Crippen LogP contribution in [0.3, 0.4) is 0 Å². The number of amides is 3. The minimum Gasteiger partial charge on any atom is -0.394 e.